The molecular formula is C17H30O5. The minimum Gasteiger partial charge on any atom is -0.481 e. The Kier molecular flexibility index (Phi) is 13.6. The van der Waals surface area contributed by atoms with Crippen LogP contribution in [0.15, 0.2) is 0 Å². The van der Waals surface area contributed by atoms with Gasteiger partial charge in [0, 0.05) is 19.3 Å². The van der Waals surface area contributed by atoms with Crippen LogP contribution >= 0.6 is 0 Å². The van der Waals surface area contributed by atoms with Gasteiger partial charge in [0.25, 0.3) is 0 Å². The summed E-state index contributed by atoms with van der Waals surface area (Å²) in [5.41, 5.74) is 0. The Bertz CT molecular complexity index is 325. The van der Waals surface area contributed by atoms with Gasteiger partial charge in [0.05, 0.1) is 0 Å². The number of aliphatic carboxylic acids is 1. The molecule has 0 unspecified atom stereocenters. The fourth-order valence-corrected chi connectivity index (χ4v) is 2.18. The van der Waals surface area contributed by atoms with Crippen molar-refractivity contribution in [2.45, 2.75) is 90.4 Å². The van der Waals surface area contributed by atoms with Crippen molar-refractivity contribution in [3.8, 4) is 0 Å². The van der Waals surface area contributed by atoms with E-state index in [4.69, 9.17) is 9.84 Å². The van der Waals surface area contributed by atoms with Gasteiger partial charge in [-0.05, 0) is 19.3 Å². The predicted molar refractivity (Wildman–Crippen MR) is 84.4 cm³/mol. The summed E-state index contributed by atoms with van der Waals surface area (Å²) in [7, 11) is 0. The fraction of sp³-hybridized carbons (Fsp3) is 0.824. The van der Waals surface area contributed by atoms with E-state index in [1.54, 1.807) is 0 Å². The summed E-state index contributed by atoms with van der Waals surface area (Å²) in [6.07, 6.45) is 10.1. The lowest BCUT2D eigenvalue weighted by atomic mass is 10.1. The molecule has 1 N–H and O–H groups in total. The third kappa shape index (κ3) is 15.0. The maximum atomic E-state index is 11.4. The van der Waals surface area contributed by atoms with Crippen molar-refractivity contribution in [2.75, 3.05) is 0 Å². The van der Waals surface area contributed by atoms with Crippen molar-refractivity contribution in [1.29, 1.82) is 0 Å². The minimum absolute atomic E-state index is 0.203. The van der Waals surface area contributed by atoms with Crippen molar-refractivity contribution in [1.82, 2.24) is 0 Å². The topological polar surface area (TPSA) is 80.7 Å². The van der Waals surface area contributed by atoms with Crippen LogP contribution < -0.4 is 0 Å². The summed E-state index contributed by atoms with van der Waals surface area (Å²) in [4.78, 5) is 33.2. The fourth-order valence-electron chi connectivity index (χ4n) is 2.18. The maximum Gasteiger partial charge on any atom is 0.313 e. The summed E-state index contributed by atoms with van der Waals surface area (Å²) in [6, 6.07) is 0. The van der Waals surface area contributed by atoms with E-state index < -0.39 is 17.9 Å². The Hall–Kier alpha value is -1.39. The molecule has 0 saturated heterocycles. The monoisotopic (exact) mass is 314 g/mol. The van der Waals surface area contributed by atoms with Crippen LogP contribution in [0.25, 0.3) is 0 Å². The molecule has 0 heterocycles. The van der Waals surface area contributed by atoms with Gasteiger partial charge in [0.15, 0.2) is 0 Å². The number of hydrogen-bond acceptors (Lipinski definition) is 4. The summed E-state index contributed by atoms with van der Waals surface area (Å²) in [6.45, 7) is 2.14. The summed E-state index contributed by atoms with van der Waals surface area (Å²) in [5, 5.41) is 8.48. The molecule has 5 nitrogen and oxygen atoms in total. The van der Waals surface area contributed by atoms with Gasteiger partial charge in [0.2, 0.25) is 0 Å². The highest BCUT2D eigenvalue weighted by molar-refractivity contribution is 5.85. The zero-order chi connectivity index (χ0) is 16.6. The highest BCUT2D eigenvalue weighted by atomic mass is 16.6. The molecule has 0 aliphatic rings. The Morgan fingerprint density at radius 1 is 0.682 bits per heavy atom. The van der Waals surface area contributed by atoms with E-state index in [0.717, 1.165) is 38.5 Å². The largest absolute Gasteiger partial charge is 0.481 e. The molecule has 0 rings (SSSR count). The third-order valence-corrected chi connectivity index (χ3v) is 3.48. The number of rotatable bonds is 14. The highest BCUT2D eigenvalue weighted by Crippen LogP contribution is 2.09. The molecule has 0 aliphatic carbocycles. The zero-order valence-corrected chi connectivity index (χ0v) is 13.8. The quantitative estimate of drug-likeness (QED) is 0.295. The number of carboxylic acid groups (broad SMARTS) is 1. The molecule has 0 amide bonds. The molecule has 128 valence electrons. The van der Waals surface area contributed by atoms with Crippen LogP contribution in [0.5, 0.6) is 0 Å². The van der Waals surface area contributed by atoms with E-state index in [9.17, 15) is 14.4 Å². The van der Waals surface area contributed by atoms with E-state index in [1.165, 1.54) is 12.8 Å². The Morgan fingerprint density at radius 2 is 1.09 bits per heavy atom. The molecule has 0 aliphatic heterocycles. The molecule has 5 heteroatoms. The summed E-state index contributed by atoms with van der Waals surface area (Å²) in [5.74, 6) is -1.62. The number of carbonyl (C=O) groups excluding carboxylic acids is 2. The standard InChI is InChI=1S/C17H30O5/c1-2-3-4-6-10-13-16(20)22-17(21)14-11-8-5-7-9-12-15(18)19/h2-14H2,1H3,(H,18,19). The molecule has 0 aromatic carbocycles. The SMILES string of the molecule is CCCCCCCC(=O)OC(=O)CCCCCCCC(=O)O. The Labute approximate surface area is 133 Å². The Balaban J connectivity index is 3.41. The molecule has 0 spiro atoms. The number of carboxylic acids is 1. The van der Waals surface area contributed by atoms with Crippen LogP contribution in [0.1, 0.15) is 90.4 Å². The molecule has 0 aromatic heterocycles. The predicted octanol–water partition coefficient (Wildman–Crippen LogP) is 4.23. The van der Waals surface area contributed by atoms with Crippen LogP contribution in [0, 0.1) is 0 Å². The van der Waals surface area contributed by atoms with E-state index in [1.807, 2.05) is 0 Å². The normalized spacial score (nSPS) is 10.4. The lowest BCUT2D eigenvalue weighted by Crippen LogP contribution is -2.11. The van der Waals surface area contributed by atoms with E-state index >= 15 is 0 Å². The van der Waals surface area contributed by atoms with Crippen LogP contribution in [-0.2, 0) is 19.1 Å². The van der Waals surface area contributed by atoms with Gasteiger partial charge in [-0.1, -0.05) is 51.9 Å². The van der Waals surface area contributed by atoms with E-state index in [-0.39, 0.29) is 12.8 Å². The first-order valence-electron chi connectivity index (χ1n) is 8.51. The van der Waals surface area contributed by atoms with Crippen molar-refractivity contribution in [3.63, 3.8) is 0 Å². The van der Waals surface area contributed by atoms with E-state index in [0.29, 0.717) is 19.3 Å². The van der Waals surface area contributed by atoms with Crippen LogP contribution in [0.3, 0.4) is 0 Å². The third-order valence-electron chi connectivity index (χ3n) is 3.48. The number of ether oxygens (including phenoxy) is 1. The summed E-state index contributed by atoms with van der Waals surface area (Å²) < 4.78 is 4.76. The van der Waals surface area contributed by atoms with Gasteiger partial charge in [0.1, 0.15) is 0 Å². The molecular weight excluding hydrogens is 284 g/mol. The van der Waals surface area contributed by atoms with Crippen molar-refractivity contribution >= 4 is 17.9 Å². The first kappa shape index (κ1) is 20.6. The zero-order valence-electron chi connectivity index (χ0n) is 13.8. The highest BCUT2D eigenvalue weighted by Gasteiger charge is 2.09. The van der Waals surface area contributed by atoms with Crippen molar-refractivity contribution in [3.05, 3.63) is 0 Å². The van der Waals surface area contributed by atoms with Gasteiger partial charge in [-0.3, -0.25) is 14.4 Å². The molecule has 0 saturated carbocycles. The second-order valence-electron chi connectivity index (χ2n) is 5.67. The molecule has 22 heavy (non-hydrogen) atoms. The second-order valence-corrected chi connectivity index (χ2v) is 5.67. The summed E-state index contributed by atoms with van der Waals surface area (Å²) >= 11 is 0. The van der Waals surface area contributed by atoms with Crippen molar-refractivity contribution < 1.29 is 24.2 Å². The second kappa shape index (κ2) is 14.5. The molecule has 0 fully saturated rings. The lowest BCUT2D eigenvalue weighted by Gasteiger charge is -2.03. The van der Waals surface area contributed by atoms with Gasteiger partial charge in [-0.2, -0.15) is 0 Å². The van der Waals surface area contributed by atoms with Crippen LogP contribution in [0.2, 0.25) is 0 Å². The smallest absolute Gasteiger partial charge is 0.313 e. The number of esters is 2. The number of carbonyl (C=O) groups is 3. The number of unbranched alkanes of at least 4 members (excludes halogenated alkanes) is 8. The van der Waals surface area contributed by atoms with Gasteiger partial charge < -0.3 is 9.84 Å². The first-order chi connectivity index (χ1) is 10.6. The molecule has 0 aromatic rings. The first-order valence-corrected chi connectivity index (χ1v) is 8.51. The van der Waals surface area contributed by atoms with Crippen LogP contribution in [-0.4, -0.2) is 23.0 Å². The Morgan fingerprint density at radius 3 is 1.55 bits per heavy atom. The van der Waals surface area contributed by atoms with Crippen molar-refractivity contribution in [2.24, 2.45) is 0 Å². The average molecular weight is 314 g/mol. The molecule has 0 atom stereocenters. The number of hydrogen-bond donors (Lipinski definition) is 1. The van der Waals surface area contributed by atoms with Gasteiger partial charge in [-0.15, -0.1) is 0 Å². The lowest BCUT2D eigenvalue weighted by molar-refractivity contribution is -0.159. The molecule has 0 radical (unpaired) electrons. The van der Waals surface area contributed by atoms with Gasteiger partial charge >= 0.3 is 17.9 Å². The van der Waals surface area contributed by atoms with Gasteiger partial charge in [-0.25, -0.2) is 0 Å². The van der Waals surface area contributed by atoms with Crippen LogP contribution in [0.4, 0.5) is 0 Å². The van der Waals surface area contributed by atoms with E-state index in [2.05, 4.69) is 6.92 Å². The minimum atomic E-state index is -0.767. The average Bonchev–Trinajstić information content (AvgIpc) is 2.45. The molecule has 0 bridgehead atoms. The maximum absolute atomic E-state index is 11.4.